The minimum absolute atomic E-state index is 0.501. The van der Waals surface area contributed by atoms with E-state index < -0.39 is 8.07 Å². The molecule has 0 radical (unpaired) electrons. The van der Waals surface area contributed by atoms with Crippen LogP contribution in [0.1, 0.15) is 45.4 Å². The lowest BCUT2D eigenvalue weighted by atomic mass is 10.0. The van der Waals surface area contributed by atoms with E-state index in [-0.39, 0.29) is 0 Å². The van der Waals surface area contributed by atoms with Crippen LogP contribution in [0.4, 0.5) is 0 Å². The summed E-state index contributed by atoms with van der Waals surface area (Å²) in [5, 5.41) is 0. The molecule has 1 heterocycles. The van der Waals surface area contributed by atoms with E-state index in [1.807, 2.05) is 0 Å². The summed E-state index contributed by atoms with van der Waals surface area (Å²) in [5.41, 5.74) is 0.707. The Bertz CT molecular complexity index is 229. The van der Waals surface area contributed by atoms with E-state index in [9.17, 15) is 0 Å². The van der Waals surface area contributed by atoms with Gasteiger partial charge in [-0.1, -0.05) is 58.8 Å². The zero-order chi connectivity index (χ0) is 12.2. The fourth-order valence-corrected chi connectivity index (χ4v) is 5.07. The zero-order valence-corrected chi connectivity index (χ0v) is 12.5. The van der Waals surface area contributed by atoms with Crippen LogP contribution < -0.4 is 0 Å². The van der Waals surface area contributed by atoms with Crippen LogP contribution in [-0.4, -0.2) is 14.2 Å². The molecular formula is C14H28OSi. The van der Waals surface area contributed by atoms with Crippen molar-refractivity contribution < 1.29 is 4.74 Å². The summed E-state index contributed by atoms with van der Waals surface area (Å²) in [6.07, 6.45) is 8.56. The average molecular weight is 240 g/mol. The number of unbranched alkanes of at least 4 members (excludes halogenated alkanes) is 4. The van der Waals surface area contributed by atoms with Gasteiger partial charge >= 0.3 is 0 Å². The highest BCUT2D eigenvalue weighted by atomic mass is 28.3. The second-order valence-electron chi connectivity index (χ2n) is 6.17. The minimum atomic E-state index is -1.10. The van der Waals surface area contributed by atoms with Crippen molar-refractivity contribution in [2.75, 3.05) is 0 Å². The predicted octanol–water partition coefficient (Wildman–Crippen LogP) is 4.97. The first kappa shape index (κ1) is 13.8. The summed E-state index contributed by atoms with van der Waals surface area (Å²) in [5.74, 6) is 1.07. The van der Waals surface area contributed by atoms with Gasteiger partial charge in [-0.25, -0.2) is 0 Å². The predicted molar refractivity (Wildman–Crippen MR) is 74.5 cm³/mol. The molecule has 0 amide bonds. The van der Waals surface area contributed by atoms with Crippen molar-refractivity contribution in [3.8, 4) is 0 Å². The molecule has 0 aromatic rings. The van der Waals surface area contributed by atoms with Gasteiger partial charge < -0.3 is 4.74 Å². The first-order valence-corrected chi connectivity index (χ1v) is 10.4. The van der Waals surface area contributed by atoms with Gasteiger partial charge in [0.2, 0.25) is 0 Å². The zero-order valence-electron chi connectivity index (χ0n) is 11.5. The third-order valence-corrected chi connectivity index (χ3v) is 6.11. The molecule has 0 spiro atoms. The van der Waals surface area contributed by atoms with Crippen LogP contribution in [0.15, 0.2) is 12.3 Å². The van der Waals surface area contributed by atoms with Crippen molar-refractivity contribution in [3.05, 3.63) is 12.3 Å². The fourth-order valence-electron chi connectivity index (χ4n) is 2.69. The smallest absolute Gasteiger partial charge is 0.106 e. The molecule has 0 aliphatic carbocycles. The lowest BCUT2D eigenvalue weighted by Crippen LogP contribution is -2.46. The molecule has 0 unspecified atom stereocenters. The summed E-state index contributed by atoms with van der Waals surface area (Å²) in [6, 6.07) is 0. The summed E-state index contributed by atoms with van der Waals surface area (Å²) in [4.78, 5) is 0. The molecule has 2 atom stereocenters. The van der Waals surface area contributed by atoms with Gasteiger partial charge in [0.25, 0.3) is 0 Å². The monoisotopic (exact) mass is 240 g/mol. The molecule has 0 bridgehead atoms. The summed E-state index contributed by atoms with van der Waals surface area (Å²) in [7, 11) is -1.10. The lowest BCUT2D eigenvalue weighted by molar-refractivity contribution is 0.0116. The van der Waals surface area contributed by atoms with Crippen LogP contribution in [0, 0.1) is 0 Å². The number of rotatable bonds is 7. The molecule has 1 nitrogen and oxygen atoms in total. The standard InChI is InChI=1S/C14H28OSi/c1-6-7-8-9-10-11-13-14(12(2)15-13)16(3,4)5/h13-14H,2,6-11H2,1,3-5H3/t13-,14+/m0/s1. The van der Waals surface area contributed by atoms with E-state index in [1.54, 1.807) is 0 Å². The number of ether oxygens (including phenoxy) is 1. The SMILES string of the molecule is C=C1O[C@@H](CCCCCCC)[C@@H]1[Si](C)(C)C. The van der Waals surface area contributed by atoms with Gasteiger partial charge in [-0.15, -0.1) is 0 Å². The maximum absolute atomic E-state index is 5.73. The summed E-state index contributed by atoms with van der Waals surface area (Å²) in [6.45, 7) is 13.6. The van der Waals surface area contributed by atoms with Crippen molar-refractivity contribution in [1.82, 2.24) is 0 Å². The summed E-state index contributed by atoms with van der Waals surface area (Å²) < 4.78 is 5.73. The van der Waals surface area contributed by atoms with Crippen molar-refractivity contribution in [2.45, 2.75) is 76.7 Å². The average Bonchev–Trinajstić information content (AvgIpc) is 2.12. The summed E-state index contributed by atoms with van der Waals surface area (Å²) >= 11 is 0. The van der Waals surface area contributed by atoms with Crippen LogP contribution in [0.25, 0.3) is 0 Å². The van der Waals surface area contributed by atoms with Crippen LogP contribution in [0.2, 0.25) is 25.2 Å². The Morgan fingerprint density at radius 2 is 1.75 bits per heavy atom. The number of hydrogen-bond acceptors (Lipinski definition) is 1. The molecule has 0 saturated carbocycles. The Morgan fingerprint density at radius 3 is 2.25 bits per heavy atom. The third kappa shape index (κ3) is 3.65. The molecule has 1 rings (SSSR count). The highest BCUT2D eigenvalue weighted by Crippen LogP contribution is 2.46. The van der Waals surface area contributed by atoms with Crippen LogP contribution >= 0.6 is 0 Å². The highest BCUT2D eigenvalue weighted by Gasteiger charge is 2.45. The van der Waals surface area contributed by atoms with Crippen molar-refractivity contribution in [3.63, 3.8) is 0 Å². The maximum Gasteiger partial charge on any atom is 0.106 e. The van der Waals surface area contributed by atoms with Crippen LogP contribution in [0.5, 0.6) is 0 Å². The largest absolute Gasteiger partial charge is 0.495 e. The van der Waals surface area contributed by atoms with Gasteiger partial charge in [0, 0.05) is 5.54 Å². The first-order valence-electron chi connectivity index (χ1n) is 6.82. The highest BCUT2D eigenvalue weighted by molar-refractivity contribution is 6.78. The van der Waals surface area contributed by atoms with Crippen LogP contribution in [-0.2, 0) is 4.74 Å². The molecule has 1 saturated heterocycles. The normalized spacial score (nSPS) is 25.1. The van der Waals surface area contributed by atoms with E-state index in [0.717, 1.165) is 5.76 Å². The molecule has 16 heavy (non-hydrogen) atoms. The van der Waals surface area contributed by atoms with Gasteiger partial charge in [-0.2, -0.15) is 0 Å². The van der Waals surface area contributed by atoms with Gasteiger partial charge in [-0.3, -0.25) is 0 Å². The molecule has 1 fully saturated rings. The Hall–Kier alpha value is -0.243. The minimum Gasteiger partial charge on any atom is -0.495 e. The van der Waals surface area contributed by atoms with Crippen LogP contribution in [0.3, 0.4) is 0 Å². The topological polar surface area (TPSA) is 9.23 Å². The van der Waals surface area contributed by atoms with Crippen molar-refractivity contribution >= 4 is 8.07 Å². The Morgan fingerprint density at radius 1 is 1.12 bits per heavy atom. The van der Waals surface area contributed by atoms with Crippen molar-refractivity contribution in [1.29, 1.82) is 0 Å². The van der Waals surface area contributed by atoms with E-state index in [0.29, 0.717) is 11.6 Å². The van der Waals surface area contributed by atoms with E-state index in [1.165, 1.54) is 38.5 Å². The molecular weight excluding hydrogens is 212 g/mol. The Labute approximate surface area is 102 Å². The molecule has 0 aromatic carbocycles. The molecule has 0 N–H and O–H groups in total. The van der Waals surface area contributed by atoms with E-state index in [4.69, 9.17) is 4.74 Å². The van der Waals surface area contributed by atoms with Gasteiger partial charge in [0.1, 0.15) is 6.10 Å². The molecule has 1 aliphatic heterocycles. The Balaban J connectivity index is 2.21. The van der Waals surface area contributed by atoms with Gasteiger partial charge in [0.15, 0.2) is 0 Å². The van der Waals surface area contributed by atoms with E-state index in [2.05, 4.69) is 33.1 Å². The fraction of sp³-hybridized carbons (Fsp3) is 0.857. The molecule has 2 heteroatoms. The van der Waals surface area contributed by atoms with Crippen molar-refractivity contribution in [2.24, 2.45) is 0 Å². The molecule has 94 valence electrons. The number of hydrogen-bond donors (Lipinski definition) is 0. The third-order valence-electron chi connectivity index (χ3n) is 3.55. The Kier molecular flexibility index (Phi) is 5.10. The second kappa shape index (κ2) is 5.90. The van der Waals surface area contributed by atoms with Gasteiger partial charge in [-0.05, 0) is 12.8 Å². The maximum atomic E-state index is 5.73. The van der Waals surface area contributed by atoms with Gasteiger partial charge in [0.05, 0.1) is 13.8 Å². The lowest BCUT2D eigenvalue weighted by Gasteiger charge is -2.46. The molecule has 1 aliphatic rings. The first-order chi connectivity index (χ1) is 7.46. The second-order valence-corrected chi connectivity index (χ2v) is 11.5. The quantitative estimate of drug-likeness (QED) is 0.451. The molecule has 0 aromatic heterocycles. The van der Waals surface area contributed by atoms with E-state index >= 15 is 0 Å².